The molecule has 1 aliphatic heterocycles. The zero-order chi connectivity index (χ0) is 18.3. The number of nitrogens with one attached hydrogen (secondary N) is 1. The molecule has 3 aromatic rings. The second-order valence-corrected chi connectivity index (χ2v) is 6.44. The second kappa shape index (κ2) is 8.60. The number of ether oxygens (including phenoxy) is 1. The van der Waals surface area contributed by atoms with Gasteiger partial charge in [-0.25, -0.2) is 4.98 Å². The van der Waals surface area contributed by atoms with Gasteiger partial charge in [0, 0.05) is 43.7 Å². The standard InChI is InChI=1S/C21H23N5O/c1-2-4-18(5-3-1)19-16-20(23-11-8-17-6-9-22-10-7-17)25-21(24-19)26-12-14-27-15-13-26/h1-7,9-10,16H,8,11-15H2,(H,23,24,25). The van der Waals surface area contributed by atoms with Crippen molar-refractivity contribution in [3.8, 4) is 11.3 Å². The lowest BCUT2D eigenvalue weighted by Crippen LogP contribution is -2.37. The van der Waals surface area contributed by atoms with Crippen LogP contribution in [0, 0.1) is 0 Å². The molecule has 6 nitrogen and oxygen atoms in total. The zero-order valence-corrected chi connectivity index (χ0v) is 15.2. The Morgan fingerprint density at radius 1 is 0.963 bits per heavy atom. The van der Waals surface area contributed by atoms with Gasteiger partial charge in [-0.15, -0.1) is 0 Å². The zero-order valence-electron chi connectivity index (χ0n) is 15.2. The summed E-state index contributed by atoms with van der Waals surface area (Å²) in [6, 6.07) is 16.3. The minimum Gasteiger partial charge on any atom is -0.378 e. The number of hydrogen-bond acceptors (Lipinski definition) is 6. The summed E-state index contributed by atoms with van der Waals surface area (Å²) >= 11 is 0. The quantitative estimate of drug-likeness (QED) is 0.728. The summed E-state index contributed by atoms with van der Waals surface area (Å²) in [7, 11) is 0. The molecule has 1 saturated heterocycles. The van der Waals surface area contributed by atoms with Crippen LogP contribution >= 0.6 is 0 Å². The monoisotopic (exact) mass is 361 g/mol. The highest BCUT2D eigenvalue weighted by molar-refractivity contribution is 5.64. The summed E-state index contributed by atoms with van der Waals surface area (Å²) in [5, 5.41) is 3.45. The topological polar surface area (TPSA) is 63.2 Å². The van der Waals surface area contributed by atoms with Gasteiger partial charge in [0.15, 0.2) is 0 Å². The van der Waals surface area contributed by atoms with Crippen LogP contribution < -0.4 is 10.2 Å². The fraction of sp³-hybridized carbons (Fsp3) is 0.286. The number of morpholine rings is 1. The first-order chi connectivity index (χ1) is 13.4. The van der Waals surface area contributed by atoms with Crippen LogP contribution in [-0.4, -0.2) is 47.8 Å². The van der Waals surface area contributed by atoms with Crippen molar-refractivity contribution in [1.29, 1.82) is 0 Å². The van der Waals surface area contributed by atoms with E-state index in [2.05, 4.69) is 27.3 Å². The minimum atomic E-state index is 0.712. The largest absolute Gasteiger partial charge is 0.378 e. The van der Waals surface area contributed by atoms with Crippen LogP contribution in [0.4, 0.5) is 11.8 Å². The molecule has 27 heavy (non-hydrogen) atoms. The van der Waals surface area contributed by atoms with E-state index in [-0.39, 0.29) is 0 Å². The fourth-order valence-corrected chi connectivity index (χ4v) is 3.07. The van der Waals surface area contributed by atoms with Crippen LogP contribution in [-0.2, 0) is 11.2 Å². The van der Waals surface area contributed by atoms with E-state index in [9.17, 15) is 0 Å². The van der Waals surface area contributed by atoms with Crippen LogP contribution in [0.5, 0.6) is 0 Å². The normalized spacial score (nSPS) is 14.1. The lowest BCUT2D eigenvalue weighted by Gasteiger charge is -2.27. The van der Waals surface area contributed by atoms with E-state index in [1.54, 1.807) is 0 Å². The van der Waals surface area contributed by atoms with Gasteiger partial charge in [0.2, 0.25) is 5.95 Å². The van der Waals surface area contributed by atoms with Gasteiger partial charge in [0.05, 0.1) is 18.9 Å². The summed E-state index contributed by atoms with van der Waals surface area (Å²) in [5.74, 6) is 1.60. The van der Waals surface area contributed by atoms with E-state index in [4.69, 9.17) is 14.7 Å². The molecule has 1 aromatic carbocycles. The molecule has 0 radical (unpaired) electrons. The van der Waals surface area contributed by atoms with Gasteiger partial charge in [0.25, 0.3) is 0 Å². The number of anilines is 2. The van der Waals surface area contributed by atoms with E-state index >= 15 is 0 Å². The van der Waals surface area contributed by atoms with Crippen molar-refractivity contribution in [1.82, 2.24) is 15.0 Å². The van der Waals surface area contributed by atoms with Crippen LogP contribution in [0.15, 0.2) is 60.9 Å². The Hall–Kier alpha value is -2.99. The van der Waals surface area contributed by atoms with E-state index in [0.29, 0.717) is 13.2 Å². The molecule has 138 valence electrons. The number of rotatable bonds is 6. The second-order valence-electron chi connectivity index (χ2n) is 6.44. The molecule has 4 rings (SSSR count). The molecule has 1 N–H and O–H groups in total. The van der Waals surface area contributed by atoms with Crippen LogP contribution in [0.3, 0.4) is 0 Å². The third-order valence-electron chi connectivity index (χ3n) is 4.55. The van der Waals surface area contributed by atoms with Crippen molar-refractivity contribution < 1.29 is 4.74 Å². The molecule has 0 bridgehead atoms. The maximum Gasteiger partial charge on any atom is 0.228 e. The van der Waals surface area contributed by atoms with Crippen LogP contribution in [0.2, 0.25) is 0 Å². The van der Waals surface area contributed by atoms with E-state index in [0.717, 1.165) is 49.1 Å². The van der Waals surface area contributed by atoms with Crippen molar-refractivity contribution in [2.45, 2.75) is 6.42 Å². The van der Waals surface area contributed by atoms with Crippen molar-refractivity contribution in [2.24, 2.45) is 0 Å². The third kappa shape index (κ3) is 4.60. The molecule has 0 amide bonds. The molecule has 0 saturated carbocycles. The molecule has 0 unspecified atom stereocenters. The molecular formula is C21H23N5O. The van der Waals surface area contributed by atoms with Crippen molar-refractivity contribution in [3.05, 3.63) is 66.5 Å². The predicted molar refractivity (Wildman–Crippen MR) is 107 cm³/mol. The maximum atomic E-state index is 5.46. The smallest absolute Gasteiger partial charge is 0.228 e. The van der Waals surface area contributed by atoms with Crippen molar-refractivity contribution >= 4 is 11.8 Å². The highest BCUT2D eigenvalue weighted by Crippen LogP contribution is 2.23. The molecule has 0 aliphatic carbocycles. The van der Waals surface area contributed by atoms with Crippen LogP contribution in [0.1, 0.15) is 5.56 Å². The Morgan fingerprint density at radius 3 is 2.52 bits per heavy atom. The first-order valence-corrected chi connectivity index (χ1v) is 9.28. The van der Waals surface area contributed by atoms with E-state index in [1.165, 1.54) is 5.56 Å². The molecule has 0 spiro atoms. The average molecular weight is 361 g/mol. The van der Waals surface area contributed by atoms with Gasteiger partial charge >= 0.3 is 0 Å². The fourth-order valence-electron chi connectivity index (χ4n) is 3.07. The summed E-state index contributed by atoms with van der Waals surface area (Å²) < 4.78 is 5.46. The maximum absolute atomic E-state index is 5.46. The molecule has 0 atom stereocenters. The van der Waals surface area contributed by atoms with Crippen molar-refractivity contribution in [2.75, 3.05) is 43.1 Å². The van der Waals surface area contributed by atoms with Gasteiger partial charge < -0.3 is 15.0 Å². The number of pyridine rings is 1. The number of aromatic nitrogens is 3. The molecule has 1 aliphatic rings. The lowest BCUT2D eigenvalue weighted by molar-refractivity contribution is 0.122. The summed E-state index contributed by atoms with van der Waals surface area (Å²) in [4.78, 5) is 15.8. The van der Waals surface area contributed by atoms with E-state index in [1.807, 2.05) is 48.8 Å². The highest BCUT2D eigenvalue weighted by atomic mass is 16.5. The third-order valence-corrected chi connectivity index (χ3v) is 4.55. The Kier molecular flexibility index (Phi) is 5.55. The Balaban J connectivity index is 1.55. The van der Waals surface area contributed by atoms with Gasteiger partial charge in [-0.2, -0.15) is 4.98 Å². The summed E-state index contributed by atoms with van der Waals surface area (Å²) in [5.41, 5.74) is 3.27. The van der Waals surface area contributed by atoms with E-state index < -0.39 is 0 Å². The SMILES string of the molecule is c1ccc(-c2cc(NCCc3ccncc3)nc(N3CCOCC3)n2)cc1. The number of hydrogen-bond donors (Lipinski definition) is 1. The Labute approximate surface area is 159 Å². The lowest BCUT2D eigenvalue weighted by atomic mass is 10.1. The van der Waals surface area contributed by atoms with Gasteiger partial charge in [-0.1, -0.05) is 30.3 Å². The first kappa shape index (κ1) is 17.4. The van der Waals surface area contributed by atoms with Gasteiger partial charge in [-0.3, -0.25) is 4.98 Å². The number of nitrogens with zero attached hydrogens (tertiary/aromatic N) is 4. The molecular weight excluding hydrogens is 338 g/mol. The van der Waals surface area contributed by atoms with Crippen LogP contribution in [0.25, 0.3) is 11.3 Å². The molecule has 6 heteroatoms. The molecule has 2 aromatic heterocycles. The minimum absolute atomic E-state index is 0.712. The first-order valence-electron chi connectivity index (χ1n) is 9.28. The Morgan fingerprint density at radius 2 is 1.74 bits per heavy atom. The molecule has 3 heterocycles. The van der Waals surface area contributed by atoms with Crippen molar-refractivity contribution in [3.63, 3.8) is 0 Å². The van der Waals surface area contributed by atoms with Gasteiger partial charge in [0.1, 0.15) is 5.82 Å². The van der Waals surface area contributed by atoms with Gasteiger partial charge in [-0.05, 0) is 24.1 Å². The highest BCUT2D eigenvalue weighted by Gasteiger charge is 2.16. The average Bonchev–Trinajstić information content (AvgIpc) is 2.76. The predicted octanol–water partition coefficient (Wildman–Crippen LogP) is 3.03. The molecule has 1 fully saturated rings. The summed E-state index contributed by atoms with van der Waals surface area (Å²) in [6.45, 7) is 3.86. The summed E-state index contributed by atoms with van der Waals surface area (Å²) in [6.07, 6.45) is 4.56. The Bertz CT molecular complexity index is 851. The number of benzene rings is 1.